The quantitative estimate of drug-likeness (QED) is 0.753. The first-order valence-electron chi connectivity index (χ1n) is 7.04. The highest BCUT2D eigenvalue weighted by atomic mass is 16.5. The number of esters is 1. The molecule has 98 valence electrons. The van der Waals surface area contributed by atoms with E-state index in [1.807, 2.05) is 25.1 Å². The molecule has 1 aromatic carbocycles. The molecule has 2 rings (SSSR count). The molecular formula is C16H22O2. The highest BCUT2D eigenvalue weighted by Crippen LogP contribution is 2.36. The van der Waals surface area contributed by atoms with E-state index in [-0.39, 0.29) is 11.9 Å². The van der Waals surface area contributed by atoms with E-state index in [0.29, 0.717) is 12.5 Å². The Kier molecular flexibility index (Phi) is 4.80. The zero-order valence-corrected chi connectivity index (χ0v) is 11.1. The molecule has 0 amide bonds. The standard InChI is InChI=1S/C16H22O2/c1-2-18-16(17)15(13-9-5-3-6-10-13)14-11-7-4-8-12-14/h3,5-6,9-10,14-15H,2,4,7-8,11-12H2,1H3/t15-/m1/s1. The van der Waals surface area contributed by atoms with Gasteiger partial charge in [-0.05, 0) is 31.2 Å². The van der Waals surface area contributed by atoms with Gasteiger partial charge in [0.1, 0.15) is 0 Å². The van der Waals surface area contributed by atoms with Crippen LogP contribution in [0.1, 0.15) is 50.5 Å². The molecule has 0 spiro atoms. The van der Waals surface area contributed by atoms with E-state index in [4.69, 9.17) is 4.74 Å². The molecule has 2 heteroatoms. The molecule has 0 heterocycles. The lowest BCUT2D eigenvalue weighted by Gasteiger charge is -2.29. The number of rotatable bonds is 4. The maximum Gasteiger partial charge on any atom is 0.313 e. The Hall–Kier alpha value is -1.31. The number of benzene rings is 1. The number of hydrogen-bond acceptors (Lipinski definition) is 2. The molecule has 0 saturated heterocycles. The van der Waals surface area contributed by atoms with E-state index in [0.717, 1.165) is 18.4 Å². The van der Waals surface area contributed by atoms with Crippen LogP contribution >= 0.6 is 0 Å². The summed E-state index contributed by atoms with van der Waals surface area (Å²) >= 11 is 0. The molecule has 1 saturated carbocycles. The molecule has 0 N–H and O–H groups in total. The first kappa shape index (κ1) is 13.1. The molecule has 18 heavy (non-hydrogen) atoms. The summed E-state index contributed by atoms with van der Waals surface area (Å²) in [6.07, 6.45) is 6.10. The van der Waals surface area contributed by atoms with E-state index in [9.17, 15) is 4.79 Å². The minimum absolute atomic E-state index is 0.0457. The number of carbonyl (C=O) groups is 1. The largest absolute Gasteiger partial charge is 0.466 e. The molecule has 0 aromatic heterocycles. The average Bonchev–Trinajstić information content (AvgIpc) is 2.42. The average molecular weight is 246 g/mol. The van der Waals surface area contributed by atoms with Gasteiger partial charge in [-0.25, -0.2) is 0 Å². The van der Waals surface area contributed by atoms with Crippen molar-refractivity contribution in [3.63, 3.8) is 0 Å². The van der Waals surface area contributed by atoms with Gasteiger partial charge in [0.15, 0.2) is 0 Å². The first-order valence-corrected chi connectivity index (χ1v) is 7.04. The van der Waals surface area contributed by atoms with Crippen LogP contribution in [0.25, 0.3) is 0 Å². The van der Waals surface area contributed by atoms with Gasteiger partial charge in [0.05, 0.1) is 12.5 Å². The molecule has 1 aliphatic carbocycles. The normalized spacial score (nSPS) is 18.3. The minimum Gasteiger partial charge on any atom is -0.466 e. The Morgan fingerprint density at radius 3 is 2.50 bits per heavy atom. The third kappa shape index (κ3) is 3.12. The van der Waals surface area contributed by atoms with Crippen molar-refractivity contribution in [2.45, 2.75) is 44.9 Å². The van der Waals surface area contributed by atoms with Crippen molar-refractivity contribution < 1.29 is 9.53 Å². The minimum atomic E-state index is -0.0635. The van der Waals surface area contributed by atoms with Crippen LogP contribution in [-0.4, -0.2) is 12.6 Å². The second-order valence-corrected chi connectivity index (χ2v) is 5.04. The van der Waals surface area contributed by atoms with Crippen LogP contribution in [-0.2, 0) is 9.53 Å². The molecule has 1 atom stereocenters. The smallest absolute Gasteiger partial charge is 0.313 e. The topological polar surface area (TPSA) is 26.3 Å². The van der Waals surface area contributed by atoms with Crippen LogP contribution in [0.2, 0.25) is 0 Å². The summed E-state index contributed by atoms with van der Waals surface area (Å²) in [6.45, 7) is 2.34. The van der Waals surface area contributed by atoms with Crippen molar-refractivity contribution in [3.8, 4) is 0 Å². The Labute approximate surface area is 109 Å². The molecule has 0 bridgehead atoms. The van der Waals surface area contributed by atoms with Gasteiger partial charge in [-0.2, -0.15) is 0 Å². The van der Waals surface area contributed by atoms with Gasteiger partial charge in [-0.3, -0.25) is 4.79 Å². The SMILES string of the molecule is CCOC(=O)[C@H](c1ccccc1)C1CCCCC1. The van der Waals surface area contributed by atoms with Crippen LogP contribution in [0.3, 0.4) is 0 Å². The Morgan fingerprint density at radius 1 is 1.22 bits per heavy atom. The lowest BCUT2D eigenvalue weighted by atomic mass is 9.77. The Bertz CT molecular complexity index is 366. The Morgan fingerprint density at radius 2 is 1.89 bits per heavy atom. The second kappa shape index (κ2) is 6.58. The van der Waals surface area contributed by atoms with E-state index >= 15 is 0 Å². The molecule has 2 nitrogen and oxygen atoms in total. The van der Waals surface area contributed by atoms with Crippen LogP contribution in [0.15, 0.2) is 30.3 Å². The van der Waals surface area contributed by atoms with Crippen LogP contribution in [0.4, 0.5) is 0 Å². The fraction of sp³-hybridized carbons (Fsp3) is 0.562. The first-order chi connectivity index (χ1) is 8.83. The van der Waals surface area contributed by atoms with Gasteiger partial charge in [0, 0.05) is 0 Å². The molecular weight excluding hydrogens is 224 g/mol. The van der Waals surface area contributed by atoms with Crippen molar-refractivity contribution in [2.75, 3.05) is 6.61 Å². The van der Waals surface area contributed by atoms with Crippen LogP contribution in [0.5, 0.6) is 0 Å². The maximum absolute atomic E-state index is 12.2. The highest BCUT2D eigenvalue weighted by molar-refractivity contribution is 5.78. The van der Waals surface area contributed by atoms with E-state index in [1.165, 1.54) is 19.3 Å². The molecule has 1 fully saturated rings. The summed E-state index contributed by atoms with van der Waals surface area (Å²) in [6, 6.07) is 10.1. The summed E-state index contributed by atoms with van der Waals surface area (Å²) < 4.78 is 5.27. The predicted molar refractivity (Wildman–Crippen MR) is 72.4 cm³/mol. The van der Waals surface area contributed by atoms with E-state index < -0.39 is 0 Å². The zero-order chi connectivity index (χ0) is 12.8. The fourth-order valence-corrected chi connectivity index (χ4v) is 2.96. The van der Waals surface area contributed by atoms with Crippen molar-refractivity contribution >= 4 is 5.97 Å². The van der Waals surface area contributed by atoms with Crippen LogP contribution in [0, 0.1) is 5.92 Å². The summed E-state index contributed by atoms with van der Waals surface area (Å²) in [5, 5.41) is 0. The van der Waals surface area contributed by atoms with Crippen molar-refractivity contribution in [3.05, 3.63) is 35.9 Å². The second-order valence-electron chi connectivity index (χ2n) is 5.04. The molecule has 1 aromatic rings. The molecule has 0 unspecified atom stereocenters. The summed E-state index contributed by atoms with van der Waals surface area (Å²) in [4.78, 5) is 12.2. The van der Waals surface area contributed by atoms with Gasteiger partial charge in [-0.15, -0.1) is 0 Å². The summed E-state index contributed by atoms with van der Waals surface area (Å²) in [7, 11) is 0. The number of ether oxygens (including phenoxy) is 1. The molecule has 0 aliphatic heterocycles. The lowest BCUT2D eigenvalue weighted by Crippen LogP contribution is -2.25. The van der Waals surface area contributed by atoms with Gasteiger partial charge >= 0.3 is 5.97 Å². The van der Waals surface area contributed by atoms with Gasteiger partial charge in [0.25, 0.3) is 0 Å². The van der Waals surface area contributed by atoms with Gasteiger partial charge < -0.3 is 4.74 Å². The zero-order valence-electron chi connectivity index (χ0n) is 11.1. The van der Waals surface area contributed by atoms with E-state index in [2.05, 4.69) is 12.1 Å². The lowest BCUT2D eigenvalue weighted by molar-refractivity contribution is -0.146. The fourth-order valence-electron chi connectivity index (χ4n) is 2.96. The molecule has 0 radical (unpaired) electrons. The van der Waals surface area contributed by atoms with Gasteiger partial charge in [-0.1, -0.05) is 49.6 Å². The van der Waals surface area contributed by atoms with Gasteiger partial charge in [0.2, 0.25) is 0 Å². The summed E-state index contributed by atoms with van der Waals surface area (Å²) in [5.74, 6) is 0.349. The monoisotopic (exact) mass is 246 g/mol. The number of hydrogen-bond donors (Lipinski definition) is 0. The number of carbonyl (C=O) groups excluding carboxylic acids is 1. The van der Waals surface area contributed by atoms with Crippen LogP contribution < -0.4 is 0 Å². The van der Waals surface area contributed by atoms with Crippen molar-refractivity contribution in [2.24, 2.45) is 5.92 Å². The maximum atomic E-state index is 12.2. The summed E-state index contributed by atoms with van der Waals surface area (Å²) in [5.41, 5.74) is 1.11. The van der Waals surface area contributed by atoms with Crippen molar-refractivity contribution in [1.82, 2.24) is 0 Å². The Balaban J connectivity index is 2.19. The predicted octanol–water partition coefficient (Wildman–Crippen LogP) is 3.91. The molecule has 1 aliphatic rings. The van der Waals surface area contributed by atoms with Crippen molar-refractivity contribution in [1.29, 1.82) is 0 Å². The third-order valence-corrected chi connectivity index (χ3v) is 3.82. The highest BCUT2D eigenvalue weighted by Gasteiger charge is 2.31. The van der Waals surface area contributed by atoms with E-state index in [1.54, 1.807) is 0 Å². The third-order valence-electron chi connectivity index (χ3n) is 3.82.